The van der Waals surface area contributed by atoms with Crippen LogP contribution in [0, 0.1) is 5.92 Å². The van der Waals surface area contributed by atoms with E-state index in [4.69, 9.17) is 4.74 Å². The van der Waals surface area contributed by atoms with Gasteiger partial charge in [0.1, 0.15) is 17.5 Å². The summed E-state index contributed by atoms with van der Waals surface area (Å²) in [5, 5.41) is 11.2. The highest BCUT2D eigenvalue weighted by atomic mass is 16.5. The third-order valence-corrected chi connectivity index (χ3v) is 4.33. The Bertz CT molecular complexity index is 848. The lowest BCUT2D eigenvalue weighted by Gasteiger charge is -2.29. The Balaban J connectivity index is 1.79. The van der Waals surface area contributed by atoms with Gasteiger partial charge in [0.05, 0.1) is 18.8 Å². The summed E-state index contributed by atoms with van der Waals surface area (Å²) in [4.78, 5) is 24.1. The summed E-state index contributed by atoms with van der Waals surface area (Å²) in [5.41, 5.74) is 1.74. The minimum Gasteiger partial charge on any atom is -0.497 e. The first kappa shape index (κ1) is 15.2. The van der Waals surface area contributed by atoms with Crippen molar-refractivity contribution >= 4 is 23.5 Å². The van der Waals surface area contributed by atoms with E-state index in [-0.39, 0.29) is 11.9 Å². The van der Waals surface area contributed by atoms with Gasteiger partial charge in [0.15, 0.2) is 0 Å². The van der Waals surface area contributed by atoms with E-state index in [0.717, 1.165) is 17.0 Å². The molecule has 2 aliphatic heterocycles. The third-order valence-electron chi connectivity index (χ3n) is 4.33. The molecule has 0 saturated carbocycles. The minimum atomic E-state index is -0.591. The van der Waals surface area contributed by atoms with Crippen molar-refractivity contribution in [3.05, 3.63) is 60.2 Å². The van der Waals surface area contributed by atoms with Crippen LogP contribution in [0.4, 0.5) is 10.5 Å². The summed E-state index contributed by atoms with van der Waals surface area (Å²) >= 11 is 0. The van der Waals surface area contributed by atoms with Crippen molar-refractivity contribution in [3.63, 3.8) is 0 Å². The number of hydrazone groups is 1. The van der Waals surface area contributed by atoms with Gasteiger partial charge in [-0.05, 0) is 29.8 Å². The molecular formula is C18H16N4O3. The molecule has 2 atom stereocenters. The molecule has 126 valence electrons. The van der Waals surface area contributed by atoms with Crippen LogP contribution in [-0.4, -0.2) is 24.9 Å². The Morgan fingerprint density at radius 1 is 1.00 bits per heavy atom. The molecule has 2 heterocycles. The van der Waals surface area contributed by atoms with Gasteiger partial charge in [0.25, 0.3) is 0 Å². The lowest BCUT2D eigenvalue weighted by atomic mass is 9.90. The molecule has 25 heavy (non-hydrogen) atoms. The fourth-order valence-electron chi connectivity index (χ4n) is 3.17. The van der Waals surface area contributed by atoms with E-state index in [9.17, 15) is 9.59 Å². The standard InChI is InChI=1S/C18H16N4O3/c1-25-13-9-7-11(8-10-13)15-14-16(19-18(24)20-17(14)23)21-22(15)12-5-3-2-4-6-12/h2-10,14-15H,1H3,(H2,19,20,21,23,24). The highest BCUT2D eigenvalue weighted by Crippen LogP contribution is 2.39. The molecule has 1 fully saturated rings. The summed E-state index contributed by atoms with van der Waals surface area (Å²) in [5.74, 6) is 0.141. The Morgan fingerprint density at radius 3 is 2.40 bits per heavy atom. The predicted octanol–water partition coefficient (Wildman–Crippen LogP) is 2.03. The zero-order valence-electron chi connectivity index (χ0n) is 13.5. The predicted molar refractivity (Wildman–Crippen MR) is 92.3 cm³/mol. The van der Waals surface area contributed by atoms with Crippen LogP contribution >= 0.6 is 0 Å². The summed E-state index contributed by atoms with van der Waals surface area (Å²) < 4.78 is 5.21. The third kappa shape index (κ3) is 2.59. The van der Waals surface area contributed by atoms with Crippen molar-refractivity contribution in [2.45, 2.75) is 6.04 Å². The van der Waals surface area contributed by atoms with Gasteiger partial charge in [-0.3, -0.25) is 20.4 Å². The summed E-state index contributed by atoms with van der Waals surface area (Å²) in [7, 11) is 1.60. The van der Waals surface area contributed by atoms with E-state index in [1.54, 1.807) is 12.1 Å². The molecule has 2 aromatic carbocycles. The van der Waals surface area contributed by atoms with Crippen molar-refractivity contribution in [2.75, 3.05) is 12.1 Å². The first-order valence-corrected chi connectivity index (χ1v) is 7.86. The van der Waals surface area contributed by atoms with Crippen LogP contribution in [0.2, 0.25) is 0 Å². The maximum absolute atomic E-state index is 12.5. The molecule has 0 spiro atoms. The number of rotatable bonds is 3. The zero-order chi connectivity index (χ0) is 17.4. The number of benzene rings is 2. The maximum atomic E-state index is 12.5. The Kier molecular flexibility index (Phi) is 3.61. The molecular weight excluding hydrogens is 320 g/mol. The van der Waals surface area contributed by atoms with Gasteiger partial charge in [-0.1, -0.05) is 30.3 Å². The van der Waals surface area contributed by atoms with Crippen LogP contribution < -0.4 is 20.4 Å². The van der Waals surface area contributed by atoms with Crippen molar-refractivity contribution in [1.29, 1.82) is 0 Å². The fraction of sp³-hybridized carbons (Fsp3) is 0.167. The largest absolute Gasteiger partial charge is 0.497 e. The molecule has 0 aliphatic carbocycles. The number of amidine groups is 1. The number of anilines is 1. The molecule has 7 heteroatoms. The number of hydrogen-bond donors (Lipinski definition) is 2. The molecule has 2 aromatic rings. The second kappa shape index (κ2) is 5.94. The number of carbonyl (C=O) groups excluding carboxylic acids is 2. The van der Waals surface area contributed by atoms with Crippen LogP contribution in [-0.2, 0) is 4.79 Å². The van der Waals surface area contributed by atoms with E-state index >= 15 is 0 Å². The van der Waals surface area contributed by atoms with Crippen LogP contribution in [0.15, 0.2) is 59.7 Å². The average Bonchev–Trinajstić information content (AvgIpc) is 3.02. The molecule has 1 saturated heterocycles. The number of nitrogens with one attached hydrogen (secondary N) is 2. The van der Waals surface area contributed by atoms with Crippen molar-refractivity contribution in [2.24, 2.45) is 11.0 Å². The van der Waals surface area contributed by atoms with Gasteiger partial charge in [-0.25, -0.2) is 4.79 Å². The number of amides is 3. The smallest absolute Gasteiger partial charge is 0.326 e. The van der Waals surface area contributed by atoms with Gasteiger partial charge >= 0.3 is 6.03 Å². The number of urea groups is 1. The van der Waals surface area contributed by atoms with Gasteiger partial charge in [-0.15, -0.1) is 0 Å². The molecule has 4 rings (SSSR count). The first-order valence-electron chi connectivity index (χ1n) is 7.86. The molecule has 2 aliphatic rings. The molecule has 0 bridgehead atoms. The van der Waals surface area contributed by atoms with Crippen LogP contribution in [0.5, 0.6) is 5.75 Å². The number of ether oxygens (including phenoxy) is 1. The Morgan fingerprint density at radius 2 is 1.72 bits per heavy atom. The van der Waals surface area contributed by atoms with Crippen LogP contribution in [0.1, 0.15) is 11.6 Å². The molecule has 2 N–H and O–H groups in total. The number of nitrogens with zero attached hydrogens (tertiary/aromatic N) is 2. The van der Waals surface area contributed by atoms with E-state index in [1.165, 1.54) is 0 Å². The second-order valence-corrected chi connectivity index (χ2v) is 5.80. The maximum Gasteiger partial charge on any atom is 0.326 e. The van der Waals surface area contributed by atoms with E-state index in [2.05, 4.69) is 15.7 Å². The number of fused-ring (bicyclic) bond motifs is 1. The highest BCUT2D eigenvalue weighted by Gasteiger charge is 2.47. The van der Waals surface area contributed by atoms with Gasteiger partial charge in [-0.2, -0.15) is 5.10 Å². The van der Waals surface area contributed by atoms with E-state index < -0.39 is 11.9 Å². The number of carbonyl (C=O) groups is 2. The van der Waals surface area contributed by atoms with Crippen LogP contribution in [0.3, 0.4) is 0 Å². The number of imide groups is 1. The normalized spacial score (nSPS) is 22.0. The average molecular weight is 336 g/mol. The minimum absolute atomic E-state index is 0.357. The van der Waals surface area contributed by atoms with E-state index in [0.29, 0.717) is 5.84 Å². The van der Waals surface area contributed by atoms with E-state index in [1.807, 2.05) is 54.6 Å². The first-order chi connectivity index (χ1) is 12.2. The van der Waals surface area contributed by atoms with Gasteiger partial charge < -0.3 is 4.74 Å². The summed E-state index contributed by atoms with van der Waals surface area (Å²) in [6.07, 6.45) is 0. The van der Waals surface area contributed by atoms with Crippen molar-refractivity contribution in [1.82, 2.24) is 10.6 Å². The summed E-state index contributed by atoms with van der Waals surface area (Å²) in [6, 6.07) is 16.1. The molecule has 7 nitrogen and oxygen atoms in total. The quantitative estimate of drug-likeness (QED) is 0.898. The number of methoxy groups -OCH3 is 1. The Hall–Kier alpha value is -3.35. The topological polar surface area (TPSA) is 83.0 Å². The monoisotopic (exact) mass is 336 g/mol. The lowest BCUT2D eigenvalue weighted by molar-refractivity contribution is -0.122. The van der Waals surface area contributed by atoms with Crippen molar-refractivity contribution < 1.29 is 14.3 Å². The number of para-hydroxylation sites is 1. The van der Waals surface area contributed by atoms with Crippen LogP contribution in [0.25, 0.3) is 0 Å². The van der Waals surface area contributed by atoms with Gasteiger partial charge in [0.2, 0.25) is 5.91 Å². The molecule has 3 amide bonds. The Labute approximate surface area is 144 Å². The lowest BCUT2D eigenvalue weighted by Crippen LogP contribution is -2.55. The molecule has 0 radical (unpaired) electrons. The molecule has 0 aromatic heterocycles. The fourth-order valence-corrected chi connectivity index (χ4v) is 3.17. The summed E-state index contributed by atoms with van der Waals surface area (Å²) in [6.45, 7) is 0. The highest BCUT2D eigenvalue weighted by molar-refractivity contribution is 6.19. The van der Waals surface area contributed by atoms with Crippen molar-refractivity contribution in [3.8, 4) is 5.75 Å². The molecule has 2 unspecified atom stereocenters. The second-order valence-electron chi connectivity index (χ2n) is 5.80. The SMILES string of the molecule is COc1ccc(C2C3C(=O)NC(=O)NC3=NN2c2ccccc2)cc1. The zero-order valence-corrected chi connectivity index (χ0v) is 13.5. The van der Waals surface area contributed by atoms with Gasteiger partial charge in [0, 0.05) is 0 Å². The number of hydrogen-bond acceptors (Lipinski definition) is 5.